The molecule has 4 aromatic rings. The van der Waals surface area contributed by atoms with E-state index < -0.39 is 11.9 Å². The number of piperidine rings is 1. The van der Waals surface area contributed by atoms with Gasteiger partial charge in [0.15, 0.2) is 0 Å². The number of carbonyl (C=O) groups excluding carboxylic acids is 2. The number of carboxylic acid groups (broad SMARTS) is 1. The molecule has 1 aliphatic heterocycles. The van der Waals surface area contributed by atoms with Gasteiger partial charge in [-0.2, -0.15) is 0 Å². The fourth-order valence-electron chi connectivity index (χ4n) is 4.95. The Morgan fingerprint density at radius 2 is 1.60 bits per heavy atom. The molecule has 1 fully saturated rings. The van der Waals surface area contributed by atoms with Crippen molar-refractivity contribution in [2.45, 2.75) is 19.4 Å². The van der Waals surface area contributed by atoms with Gasteiger partial charge in [0.2, 0.25) is 0 Å². The van der Waals surface area contributed by atoms with Gasteiger partial charge >= 0.3 is 12.1 Å². The fourth-order valence-corrected chi connectivity index (χ4v) is 6.44. The van der Waals surface area contributed by atoms with E-state index in [2.05, 4.69) is 0 Å². The van der Waals surface area contributed by atoms with Crippen LogP contribution in [0.3, 0.4) is 0 Å². The van der Waals surface area contributed by atoms with E-state index in [1.807, 2.05) is 60.7 Å². The number of aromatic carboxylic acids is 1. The summed E-state index contributed by atoms with van der Waals surface area (Å²) in [6.45, 7) is 1.39. The third-order valence-electron chi connectivity index (χ3n) is 7.18. The summed E-state index contributed by atoms with van der Waals surface area (Å²) in [4.78, 5) is 43.0. The van der Waals surface area contributed by atoms with Crippen molar-refractivity contribution < 1.29 is 24.2 Å². The number of benzene rings is 3. The van der Waals surface area contributed by atoms with E-state index in [9.17, 15) is 19.5 Å². The molecule has 1 aromatic heterocycles. The van der Waals surface area contributed by atoms with Crippen molar-refractivity contribution in [2.75, 3.05) is 24.5 Å². The van der Waals surface area contributed by atoms with Crippen molar-refractivity contribution in [1.82, 2.24) is 4.90 Å². The van der Waals surface area contributed by atoms with Gasteiger partial charge in [0.1, 0.15) is 11.5 Å². The number of nitrogens with zero attached hydrogens (tertiary/aromatic N) is 2. The molecule has 216 valence electrons. The predicted octanol–water partition coefficient (Wildman–Crippen LogP) is 8.12. The molecule has 0 bridgehead atoms. The molecule has 1 aliphatic rings. The number of ether oxygens (including phenoxy) is 1. The van der Waals surface area contributed by atoms with Crippen LogP contribution in [0, 0.1) is 5.92 Å². The first kappa shape index (κ1) is 29.6. The van der Waals surface area contributed by atoms with Crippen LogP contribution in [0.5, 0.6) is 0 Å². The molecule has 0 unspecified atom stereocenters. The third kappa shape index (κ3) is 6.95. The van der Waals surface area contributed by atoms with Crippen molar-refractivity contribution in [1.29, 1.82) is 0 Å². The SMILES string of the molecule is O=C(O)c1sc(-c2ccccc2)cc1N(CC1CCN(C(=O)OCc2ccccc2)CC1)C(=O)c1ccc(Cl)cc1Cl. The van der Waals surface area contributed by atoms with Gasteiger partial charge in [0.25, 0.3) is 5.91 Å². The van der Waals surface area contributed by atoms with E-state index in [4.69, 9.17) is 27.9 Å². The first-order chi connectivity index (χ1) is 20.3. The van der Waals surface area contributed by atoms with Gasteiger partial charge in [-0.25, -0.2) is 9.59 Å². The highest BCUT2D eigenvalue weighted by molar-refractivity contribution is 7.18. The molecule has 10 heteroatoms. The first-order valence-corrected chi connectivity index (χ1v) is 15.0. The summed E-state index contributed by atoms with van der Waals surface area (Å²) in [5.41, 5.74) is 2.31. The summed E-state index contributed by atoms with van der Waals surface area (Å²) in [6.07, 6.45) is 0.865. The Morgan fingerprint density at radius 3 is 2.24 bits per heavy atom. The Bertz CT molecular complexity index is 1570. The van der Waals surface area contributed by atoms with Crippen molar-refractivity contribution in [2.24, 2.45) is 5.92 Å². The monoisotopic (exact) mass is 622 g/mol. The zero-order chi connectivity index (χ0) is 29.6. The summed E-state index contributed by atoms with van der Waals surface area (Å²) >= 11 is 13.6. The quantitative estimate of drug-likeness (QED) is 0.214. The molecule has 0 spiro atoms. The third-order valence-corrected chi connectivity index (χ3v) is 8.89. The zero-order valence-corrected chi connectivity index (χ0v) is 24.9. The van der Waals surface area contributed by atoms with Crippen LogP contribution >= 0.6 is 34.5 Å². The lowest BCUT2D eigenvalue weighted by molar-refractivity contribution is 0.0701. The number of rotatable bonds is 8. The van der Waals surface area contributed by atoms with E-state index in [-0.39, 0.29) is 40.6 Å². The van der Waals surface area contributed by atoms with Crippen molar-refractivity contribution in [3.63, 3.8) is 0 Å². The molecule has 1 saturated heterocycles. The maximum absolute atomic E-state index is 14.0. The van der Waals surface area contributed by atoms with Gasteiger partial charge in [-0.15, -0.1) is 11.3 Å². The summed E-state index contributed by atoms with van der Waals surface area (Å²) in [5, 5.41) is 10.7. The van der Waals surface area contributed by atoms with E-state index in [1.54, 1.807) is 23.1 Å². The lowest BCUT2D eigenvalue weighted by Gasteiger charge is -2.34. The smallest absolute Gasteiger partial charge is 0.410 e. The van der Waals surface area contributed by atoms with Crippen molar-refractivity contribution in [3.8, 4) is 10.4 Å². The lowest BCUT2D eigenvalue weighted by atomic mass is 9.95. The average Bonchev–Trinajstić information content (AvgIpc) is 3.45. The van der Waals surface area contributed by atoms with Crippen molar-refractivity contribution >= 4 is 58.2 Å². The minimum Gasteiger partial charge on any atom is -0.477 e. The molecule has 0 radical (unpaired) electrons. The molecule has 1 N–H and O–H groups in total. The highest BCUT2D eigenvalue weighted by Gasteiger charge is 2.32. The highest BCUT2D eigenvalue weighted by Crippen LogP contribution is 2.39. The normalized spacial score (nSPS) is 13.5. The summed E-state index contributed by atoms with van der Waals surface area (Å²) in [7, 11) is 0. The molecule has 2 amide bonds. The molecule has 0 aliphatic carbocycles. The number of thiophene rings is 1. The molecule has 0 atom stereocenters. The Hall–Kier alpha value is -3.85. The summed E-state index contributed by atoms with van der Waals surface area (Å²) in [6, 6.07) is 25.3. The number of carboxylic acids is 1. The van der Waals surface area contributed by atoms with Gasteiger partial charge in [-0.3, -0.25) is 4.79 Å². The van der Waals surface area contributed by atoms with Crippen LogP contribution in [0.15, 0.2) is 84.9 Å². The van der Waals surface area contributed by atoms with Crippen LogP contribution in [0.25, 0.3) is 10.4 Å². The van der Waals surface area contributed by atoms with Crippen LogP contribution in [-0.4, -0.2) is 47.6 Å². The molecule has 0 saturated carbocycles. The standard InChI is InChI=1S/C32H28Cl2N2O5S/c33-24-11-12-25(26(34)17-24)30(37)36(27-18-28(42-29(27)31(38)39)23-9-5-2-6-10-23)19-21-13-15-35(16-14-21)32(40)41-20-22-7-3-1-4-8-22/h1-12,17-18,21H,13-16,19-20H2,(H,38,39). The zero-order valence-electron chi connectivity index (χ0n) is 22.5. The highest BCUT2D eigenvalue weighted by atomic mass is 35.5. The number of likely N-dealkylation sites (tertiary alicyclic amines) is 1. The summed E-state index contributed by atoms with van der Waals surface area (Å²) in [5.74, 6) is -1.52. The molecule has 7 nitrogen and oxygen atoms in total. The second-order valence-corrected chi connectivity index (χ2v) is 11.9. The van der Waals surface area contributed by atoms with E-state index in [0.717, 1.165) is 27.3 Å². The van der Waals surface area contributed by atoms with Gasteiger partial charge in [0.05, 0.1) is 16.3 Å². The maximum Gasteiger partial charge on any atom is 0.410 e. The van der Waals surface area contributed by atoms with E-state index in [1.165, 1.54) is 11.0 Å². The molecule has 42 heavy (non-hydrogen) atoms. The molecule has 5 rings (SSSR count). The first-order valence-electron chi connectivity index (χ1n) is 13.4. The van der Waals surface area contributed by atoms with Gasteiger partial charge < -0.3 is 19.6 Å². The van der Waals surface area contributed by atoms with Crippen LogP contribution < -0.4 is 4.90 Å². The van der Waals surface area contributed by atoms with Gasteiger partial charge in [-0.05, 0) is 54.2 Å². The molecular formula is C32H28Cl2N2O5S. The molecular weight excluding hydrogens is 595 g/mol. The maximum atomic E-state index is 14.0. The van der Waals surface area contributed by atoms with Gasteiger partial charge in [0, 0.05) is 29.5 Å². The van der Waals surface area contributed by atoms with Crippen LogP contribution in [0.2, 0.25) is 10.0 Å². The predicted molar refractivity (Wildman–Crippen MR) is 166 cm³/mol. The lowest BCUT2D eigenvalue weighted by Crippen LogP contribution is -2.43. The number of hydrogen-bond acceptors (Lipinski definition) is 5. The topological polar surface area (TPSA) is 87.2 Å². The van der Waals surface area contributed by atoms with Crippen LogP contribution in [0.4, 0.5) is 10.5 Å². The molecule has 3 aromatic carbocycles. The minimum absolute atomic E-state index is 0.0138. The number of anilines is 1. The number of halogens is 2. The van der Waals surface area contributed by atoms with Crippen LogP contribution in [-0.2, 0) is 11.3 Å². The van der Waals surface area contributed by atoms with Crippen LogP contribution in [0.1, 0.15) is 38.4 Å². The fraction of sp³-hybridized carbons (Fsp3) is 0.219. The number of carbonyl (C=O) groups is 3. The van der Waals surface area contributed by atoms with E-state index in [0.29, 0.717) is 36.6 Å². The Kier molecular flexibility index (Phi) is 9.47. The minimum atomic E-state index is -1.12. The van der Waals surface area contributed by atoms with E-state index >= 15 is 0 Å². The number of hydrogen-bond donors (Lipinski definition) is 1. The second kappa shape index (κ2) is 13.4. The summed E-state index contributed by atoms with van der Waals surface area (Å²) < 4.78 is 5.49. The Balaban J connectivity index is 1.37. The largest absolute Gasteiger partial charge is 0.477 e. The second-order valence-electron chi connectivity index (χ2n) is 10.0. The number of amides is 2. The van der Waals surface area contributed by atoms with Crippen molar-refractivity contribution in [3.05, 3.63) is 111 Å². The van der Waals surface area contributed by atoms with Gasteiger partial charge in [-0.1, -0.05) is 83.9 Å². The molecule has 2 heterocycles. The average molecular weight is 624 g/mol. The Morgan fingerprint density at radius 1 is 0.929 bits per heavy atom. The Labute approximate surface area is 257 Å².